The Hall–Kier alpha value is -3.15. The fourth-order valence-corrected chi connectivity index (χ4v) is 6.69. The van der Waals surface area contributed by atoms with E-state index in [1.807, 2.05) is 0 Å². The predicted molar refractivity (Wildman–Crippen MR) is 126 cm³/mol. The summed E-state index contributed by atoms with van der Waals surface area (Å²) in [5.41, 5.74) is 7.00. The number of hydrogen-bond acceptors (Lipinski definition) is 10. The average molecular weight is 506 g/mol. The lowest BCUT2D eigenvalue weighted by molar-refractivity contribution is 0.102. The maximum Gasteiger partial charge on any atom is 0.345 e. The average Bonchev–Trinajstić information content (AvgIpc) is 2.84. The molecule has 34 heavy (non-hydrogen) atoms. The third kappa shape index (κ3) is 5.85. The molecule has 2 aromatic carbocycles. The molecule has 0 saturated heterocycles. The minimum Gasteiger partial charge on any atom is -0.392 e. The zero-order valence-electron chi connectivity index (χ0n) is 18.3. The number of carbonyl (C=O) groups excluding carboxylic acids is 1. The standard InChI is InChI=1S/C21H23N4O7PS/c1-31-33(28,32-2)13-34(29,30)17-9-7-16(8-10-17)24-21(27)19-20(22)23-11-18(25-19)15-5-3-14(12-26)4-6-15/h3-11,26H,12-13H2,1-2H3,(H2,22,23)(H,24,27). The number of nitrogens with zero attached hydrogens (tertiary/aromatic N) is 2. The van der Waals surface area contributed by atoms with E-state index in [4.69, 9.17) is 14.8 Å². The van der Waals surface area contributed by atoms with Gasteiger partial charge in [0, 0.05) is 25.5 Å². The van der Waals surface area contributed by atoms with E-state index >= 15 is 0 Å². The number of benzene rings is 2. The fourth-order valence-electron chi connectivity index (χ4n) is 2.88. The summed E-state index contributed by atoms with van der Waals surface area (Å²) in [7, 11) is -5.55. The van der Waals surface area contributed by atoms with Crippen molar-refractivity contribution in [3.05, 3.63) is 66.0 Å². The van der Waals surface area contributed by atoms with Gasteiger partial charge in [-0.05, 0) is 29.8 Å². The van der Waals surface area contributed by atoms with Gasteiger partial charge in [0.05, 0.1) is 23.4 Å². The van der Waals surface area contributed by atoms with Crippen LogP contribution in [-0.2, 0) is 30.1 Å². The molecule has 3 rings (SSSR count). The second-order valence-electron chi connectivity index (χ2n) is 7.04. The molecular weight excluding hydrogens is 483 g/mol. The zero-order chi connectivity index (χ0) is 24.9. The highest BCUT2D eigenvalue weighted by atomic mass is 32.2. The van der Waals surface area contributed by atoms with Crippen LogP contribution in [0.25, 0.3) is 11.3 Å². The first kappa shape index (κ1) is 25.5. The van der Waals surface area contributed by atoms with E-state index in [1.165, 1.54) is 30.5 Å². The predicted octanol–water partition coefficient (Wildman–Crippen LogP) is 2.69. The van der Waals surface area contributed by atoms with Crippen molar-refractivity contribution < 1.29 is 31.9 Å². The van der Waals surface area contributed by atoms with Crippen LogP contribution in [0.2, 0.25) is 0 Å². The van der Waals surface area contributed by atoms with Gasteiger partial charge in [0.2, 0.25) is 0 Å². The van der Waals surface area contributed by atoms with Gasteiger partial charge in [-0.1, -0.05) is 24.3 Å². The second kappa shape index (κ2) is 10.4. The Morgan fingerprint density at radius 2 is 1.71 bits per heavy atom. The van der Waals surface area contributed by atoms with Crippen molar-refractivity contribution in [1.82, 2.24) is 9.97 Å². The van der Waals surface area contributed by atoms with E-state index in [2.05, 4.69) is 15.3 Å². The number of amides is 1. The molecule has 1 amide bonds. The number of carbonyl (C=O) groups is 1. The highest BCUT2D eigenvalue weighted by molar-refractivity contribution is 7.97. The number of nitrogens with two attached hydrogens (primary N) is 1. The maximum atomic E-state index is 12.8. The molecule has 0 bridgehead atoms. The molecular formula is C21H23N4O7PS. The van der Waals surface area contributed by atoms with Crippen molar-refractivity contribution in [2.45, 2.75) is 11.5 Å². The van der Waals surface area contributed by atoms with Gasteiger partial charge < -0.3 is 25.2 Å². The summed E-state index contributed by atoms with van der Waals surface area (Å²) in [5, 5.41) is 11.8. The Morgan fingerprint density at radius 3 is 2.26 bits per heavy atom. The number of aliphatic hydroxyl groups excluding tert-OH is 1. The molecule has 11 nitrogen and oxygen atoms in total. The Morgan fingerprint density at radius 1 is 1.09 bits per heavy atom. The smallest absolute Gasteiger partial charge is 0.345 e. The molecule has 0 radical (unpaired) electrons. The van der Waals surface area contributed by atoms with Crippen LogP contribution in [-0.4, -0.2) is 49.1 Å². The summed E-state index contributed by atoms with van der Waals surface area (Å²) in [6, 6.07) is 12.2. The van der Waals surface area contributed by atoms with Crippen LogP contribution in [0, 0.1) is 0 Å². The number of nitrogens with one attached hydrogen (secondary N) is 1. The van der Waals surface area contributed by atoms with Gasteiger partial charge in [-0.2, -0.15) is 0 Å². The van der Waals surface area contributed by atoms with Gasteiger partial charge in [0.15, 0.2) is 26.8 Å². The third-order valence-corrected chi connectivity index (χ3v) is 9.53. The minimum absolute atomic E-state index is 0.0812. The lowest BCUT2D eigenvalue weighted by Gasteiger charge is -2.14. The highest BCUT2D eigenvalue weighted by Crippen LogP contribution is 2.48. The van der Waals surface area contributed by atoms with E-state index in [1.54, 1.807) is 24.3 Å². The van der Waals surface area contributed by atoms with Gasteiger partial charge >= 0.3 is 7.60 Å². The first-order valence-corrected chi connectivity index (χ1v) is 13.2. The monoisotopic (exact) mass is 506 g/mol. The van der Waals surface area contributed by atoms with Gasteiger partial charge in [0.1, 0.15) is 0 Å². The van der Waals surface area contributed by atoms with Crippen molar-refractivity contribution in [1.29, 1.82) is 0 Å². The van der Waals surface area contributed by atoms with Crippen molar-refractivity contribution in [2.24, 2.45) is 0 Å². The number of nitrogen functional groups attached to an aromatic ring is 1. The molecule has 3 aromatic rings. The van der Waals surface area contributed by atoms with Crippen LogP contribution in [0.5, 0.6) is 0 Å². The van der Waals surface area contributed by atoms with Crippen LogP contribution in [0.15, 0.2) is 59.6 Å². The highest BCUT2D eigenvalue weighted by Gasteiger charge is 2.31. The minimum atomic E-state index is -3.97. The van der Waals surface area contributed by atoms with E-state index in [0.717, 1.165) is 19.8 Å². The number of aromatic nitrogens is 2. The van der Waals surface area contributed by atoms with Crippen molar-refractivity contribution >= 4 is 34.8 Å². The molecule has 180 valence electrons. The first-order chi connectivity index (χ1) is 16.1. The van der Waals surface area contributed by atoms with Gasteiger partial charge in [0.25, 0.3) is 5.91 Å². The molecule has 1 heterocycles. The van der Waals surface area contributed by atoms with E-state index < -0.39 is 28.8 Å². The van der Waals surface area contributed by atoms with Crippen LogP contribution < -0.4 is 11.1 Å². The summed E-state index contributed by atoms with van der Waals surface area (Å²) in [4.78, 5) is 21.0. The molecule has 0 saturated carbocycles. The lowest BCUT2D eigenvalue weighted by Crippen LogP contribution is -2.17. The van der Waals surface area contributed by atoms with Crippen molar-refractivity contribution in [3.8, 4) is 11.3 Å². The van der Waals surface area contributed by atoms with Gasteiger partial charge in [-0.3, -0.25) is 9.36 Å². The quantitative estimate of drug-likeness (QED) is 0.367. The Balaban J connectivity index is 1.79. The maximum absolute atomic E-state index is 12.8. The van der Waals surface area contributed by atoms with Crippen molar-refractivity contribution in [3.63, 3.8) is 0 Å². The van der Waals surface area contributed by atoms with Crippen LogP contribution in [0.3, 0.4) is 0 Å². The van der Waals surface area contributed by atoms with Crippen molar-refractivity contribution in [2.75, 3.05) is 30.8 Å². The van der Waals surface area contributed by atoms with Gasteiger partial charge in [-0.25, -0.2) is 18.4 Å². The Labute approximate surface area is 196 Å². The number of anilines is 2. The van der Waals surface area contributed by atoms with E-state index in [-0.39, 0.29) is 28.7 Å². The molecule has 0 spiro atoms. The number of aliphatic hydroxyl groups is 1. The first-order valence-electron chi connectivity index (χ1n) is 9.78. The molecule has 0 atom stereocenters. The van der Waals surface area contributed by atoms with Crippen LogP contribution in [0.4, 0.5) is 11.5 Å². The molecule has 0 aliphatic carbocycles. The summed E-state index contributed by atoms with van der Waals surface area (Å²) < 4.78 is 46.6. The second-order valence-corrected chi connectivity index (χ2v) is 11.7. The molecule has 0 fully saturated rings. The topological polar surface area (TPSA) is 171 Å². The Kier molecular flexibility index (Phi) is 7.80. The summed E-state index contributed by atoms with van der Waals surface area (Å²) in [5.74, 6) is -0.722. The SMILES string of the molecule is COP(=O)(CS(=O)(=O)c1ccc(NC(=O)c2nc(-c3ccc(CO)cc3)cnc2N)cc1)OC. The van der Waals surface area contributed by atoms with Gasteiger partial charge in [-0.15, -0.1) is 0 Å². The normalized spacial score (nSPS) is 11.9. The summed E-state index contributed by atoms with van der Waals surface area (Å²) in [6.07, 6.45) is 1.43. The van der Waals surface area contributed by atoms with E-state index in [0.29, 0.717) is 11.3 Å². The molecule has 0 aliphatic heterocycles. The summed E-state index contributed by atoms with van der Waals surface area (Å²) >= 11 is 0. The number of hydrogen-bond donors (Lipinski definition) is 3. The zero-order valence-corrected chi connectivity index (χ0v) is 20.0. The molecule has 13 heteroatoms. The summed E-state index contributed by atoms with van der Waals surface area (Å²) in [6.45, 7) is -0.0977. The van der Waals surface area contributed by atoms with Crippen LogP contribution in [0.1, 0.15) is 16.1 Å². The number of sulfone groups is 1. The lowest BCUT2D eigenvalue weighted by atomic mass is 10.1. The third-order valence-electron chi connectivity index (χ3n) is 4.80. The molecule has 0 aliphatic rings. The molecule has 0 unspecified atom stereocenters. The number of rotatable bonds is 9. The Bertz CT molecular complexity index is 1320. The fraction of sp³-hybridized carbons (Fsp3) is 0.190. The molecule has 1 aromatic heterocycles. The largest absolute Gasteiger partial charge is 0.392 e. The van der Waals surface area contributed by atoms with Crippen LogP contribution >= 0.6 is 7.60 Å². The molecule has 4 N–H and O–H groups in total. The van der Waals surface area contributed by atoms with E-state index in [9.17, 15) is 22.9 Å².